The van der Waals surface area contributed by atoms with Crippen molar-refractivity contribution in [3.63, 3.8) is 0 Å². The Bertz CT molecular complexity index is 614. The molecule has 6 nitrogen and oxygen atoms in total. The van der Waals surface area contributed by atoms with Crippen molar-refractivity contribution in [2.45, 2.75) is 13.8 Å². The van der Waals surface area contributed by atoms with Crippen LogP contribution in [-0.4, -0.2) is 30.4 Å². The van der Waals surface area contributed by atoms with Crippen molar-refractivity contribution >= 4 is 12.2 Å². The van der Waals surface area contributed by atoms with Crippen LogP contribution in [0.1, 0.15) is 17.0 Å². The molecule has 110 valence electrons. The van der Waals surface area contributed by atoms with E-state index in [4.69, 9.17) is 9.47 Å². The van der Waals surface area contributed by atoms with E-state index in [0.717, 1.165) is 17.0 Å². The van der Waals surface area contributed by atoms with Crippen LogP contribution < -0.4 is 14.9 Å². The molecule has 21 heavy (non-hydrogen) atoms. The normalized spacial score (nSPS) is 10.7. The second-order valence-corrected chi connectivity index (χ2v) is 4.49. The van der Waals surface area contributed by atoms with Crippen LogP contribution in [0.3, 0.4) is 0 Å². The molecular formula is C15H18N4O2. The molecule has 0 atom stereocenters. The number of hydrazone groups is 1. The predicted octanol–water partition coefficient (Wildman–Crippen LogP) is 2.56. The SMILES string of the molecule is COc1cc(/C=N/Nc2nc(C)cc(C)n2)cc(OC)c1. The maximum Gasteiger partial charge on any atom is 0.243 e. The molecular weight excluding hydrogens is 268 g/mol. The number of rotatable bonds is 5. The lowest BCUT2D eigenvalue weighted by Crippen LogP contribution is -2.00. The Balaban J connectivity index is 2.13. The zero-order valence-corrected chi connectivity index (χ0v) is 12.5. The van der Waals surface area contributed by atoms with Crippen molar-refractivity contribution in [2.75, 3.05) is 19.6 Å². The van der Waals surface area contributed by atoms with Gasteiger partial charge in [-0.05, 0) is 32.0 Å². The van der Waals surface area contributed by atoms with Gasteiger partial charge in [-0.25, -0.2) is 15.4 Å². The number of aryl methyl sites for hydroxylation is 2. The van der Waals surface area contributed by atoms with Gasteiger partial charge in [0, 0.05) is 23.0 Å². The summed E-state index contributed by atoms with van der Waals surface area (Å²) in [6.07, 6.45) is 1.66. The van der Waals surface area contributed by atoms with Crippen LogP contribution in [0.25, 0.3) is 0 Å². The predicted molar refractivity (Wildman–Crippen MR) is 82.3 cm³/mol. The molecule has 2 aromatic rings. The molecule has 1 aromatic carbocycles. The third-order valence-corrected chi connectivity index (χ3v) is 2.73. The summed E-state index contributed by atoms with van der Waals surface area (Å²) in [7, 11) is 3.22. The molecule has 2 rings (SSSR count). The van der Waals surface area contributed by atoms with Gasteiger partial charge in [-0.15, -0.1) is 0 Å². The van der Waals surface area contributed by atoms with E-state index >= 15 is 0 Å². The molecule has 0 aliphatic carbocycles. The quantitative estimate of drug-likeness (QED) is 0.675. The highest BCUT2D eigenvalue weighted by molar-refractivity contribution is 5.81. The van der Waals surface area contributed by atoms with Gasteiger partial charge in [0.15, 0.2) is 0 Å². The van der Waals surface area contributed by atoms with Crippen molar-refractivity contribution in [2.24, 2.45) is 5.10 Å². The number of nitrogens with one attached hydrogen (secondary N) is 1. The van der Waals surface area contributed by atoms with Gasteiger partial charge in [-0.3, -0.25) is 0 Å². The van der Waals surface area contributed by atoms with Crippen LogP contribution >= 0.6 is 0 Å². The minimum atomic E-state index is 0.471. The number of nitrogens with zero attached hydrogens (tertiary/aromatic N) is 3. The van der Waals surface area contributed by atoms with Crippen LogP contribution in [0.5, 0.6) is 11.5 Å². The Labute approximate surface area is 123 Å². The summed E-state index contributed by atoms with van der Waals surface area (Å²) in [5.41, 5.74) is 5.45. The molecule has 0 bridgehead atoms. The topological polar surface area (TPSA) is 68.6 Å². The zero-order chi connectivity index (χ0) is 15.2. The van der Waals surface area contributed by atoms with Gasteiger partial charge >= 0.3 is 0 Å². The van der Waals surface area contributed by atoms with E-state index < -0.39 is 0 Å². The van der Waals surface area contributed by atoms with Crippen LogP contribution in [0.15, 0.2) is 29.4 Å². The Hall–Kier alpha value is -2.63. The lowest BCUT2D eigenvalue weighted by molar-refractivity contribution is 0.394. The number of benzene rings is 1. The molecule has 0 unspecified atom stereocenters. The standard InChI is InChI=1S/C15H18N4O2/c1-10-5-11(2)18-15(17-10)19-16-9-12-6-13(20-3)8-14(7-12)21-4/h5-9H,1-4H3,(H,17,18,19)/b16-9+. The van der Waals surface area contributed by atoms with Gasteiger partial charge < -0.3 is 9.47 Å². The lowest BCUT2D eigenvalue weighted by Gasteiger charge is -2.05. The van der Waals surface area contributed by atoms with E-state index in [1.807, 2.05) is 32.0 Å². The second kappa shape index (κ2) is 6.69. The lowest BCUT2D eigenvalue weighted by atomic mass is 10.2. The molecule has 0 saturated carbocycles. The van der Waals surface area contributed by atoms with Crippen molar-refractivity contribution in [1.82, 2.24) is 9.97 Å². The van der Waals surface area contributed by atoms with Crippen molar-refractivity contribution in [3.05, 3.63) is 41.2 Å². The van der Waals surface area contributed by atoms with E-state index in [1.54, 1.807) is 26.5 Å². The molecule has 1 heterocycles. The number of ether oxygens (including phenoxy) is 2. The largest absolute Gasteiger partial charge is 0.497 e. The first-order chi connectivity index (χ1) is 10.1. The Kier molecular flexibility index (Phi) is 4.71. The van der Waals surface area contributed by atoms with E-state index in [1.165, 1.54) is 0 Å². The van der Waals surface area contributed by atoms with E-state index in [2.05, 4.69) is 20.5 Å². The third kappa shape index (κ3) is 4.17. The van der Waals surface area contributed by atoms with E-state index in [0.29, 0.717) is 17.4 Å². The van der Waals surface area contributed by atoms with Gasteiger partial charge in [0.25, 0.3) is 0 Å². The number of anilines is 1. The highest BCUT2D eigenvalue weighted by Crippen LogP contribution is 2.21. The number of hydrogen-bond acceptors (Lipinski definition) is 6. The summed E-state index contributed by atoms with van der Waals surface area (Å²) in [6, 6.07) is 7.42. The Morgan fingerprint density at radius 1 is 0.952 bits per heavy atom. The molecule has 0 fully saturated rings. The van der Waals surface area contributed by atoms with Crippen LogP contribution in [-0.2, 0) is 0 Å². The molecule has 0 radical (unpaired) electrons. The first kappa shape index (κ1) is 14.8. The fourth-order valence-electron chi connectivity index (χ4n) is 1.84. The summed E-state index contributed by atoms with van der Waals surface area (Å²) in [5.74, 6) is 1.88. The first-order valence-corrected chi connectivity index (χ1v) is 6.45. The number of aromatic nitrogens is 2. The minimum absolute atomic E-state index is 0.471. The van der Waals surface area contributed by atoms with Gasteiger partial charge in [0.05, 0.1) is 20.4 Å². The zero-order valence-electron chi connectivity index (χ0n) is 12.5. The smallest absolute Gasteiger partial charge is 0.243 e. The summed E-state index contributed by atoms with van der Waals surface area (Å²) in [6.45, 7) is 3.83. The summed E-state index contributed by atoms with van der Waals surface area (Å²) in [5, 5.41) is 4.13. The van der Waals surface area contributed by atoms with Crippen molar-refractivity contribution in [3.8, 4) is 11.5 Å². The molecule has 0 aliphatic rings. The minimum Gasteiger partial charge on any atom is -0.497 e. The highest BCUT2D eigenvalue weighted by Gasteiger charge is 2.00. The monoisotopic (exact) mass is 286 g/mol. The van der Waals surface area contributed by atoms with Gasteiger partial charge in [0.1, 0.15) is 11.5 Å². The Morgan fingerprint density at radius 2 is 1.52 bits per heavy atom. The van der Waals surface area contributed by atoms with E-state index in [9.17, 15) is 0 Å². The van der Waals surface area contributed by atoms with Gasteiger partial charge in [0.2, 0.25) is 5.95 Å². The molecule has 0 spiro atoms. The van der Waals surface area contributed by atoms with Crippen LogP contribution in [0.2, 0.25) is 0 Å². The molecule has 1 aromatic heterocycles. The molecule has 0 amide bonds. The van der Waals surface area contributed by atoms with Gasteiger partial charge in [-0.2, -0.15) is 5.10 Å². The molecule has 1 N–H and O–H groups in total. The highest BCUT2D eigenvalue weighted by atomic mass is 16.5. The average Bonchev–Trinajstić information content (AvgIpc) is 2.45. The van der Waals surface area contributed by atoms with Crippen LogP contribution in [0, 0.1) is 13.8 Å². The van der Waals surface area contributed by atoms with Crippen LogP contribution in [0.4, 0.5) is 5.95 Å². The summed E-state index contributed by atoms with van der Waals surface area (Å²) in [4.78, 5) is 8.49. The van der Waals surface area contributed by atoms with Crippen molar-refractivity contribution in [1.29, 1.82) is 0 Å². The second-order valence-electron chi connectivity index (χ2n) is 4.49. The average molecular weight is 286 g/mol. The van der Waals surface area contributed by atoms with Crippen molar-refractivity contribution < 1.29 is 9.47 Å². The molecule has 6 heteroatoms. The summed E-state index contributed by atoms with van der Waals surface area (Å²) >= 11 is 0. The Morgan fingerprint density at radius 3 is 2.05 bits per heavy atom. The maximum absolute atomic E-state index is 5.21. The summed E-state index contributed by atoms with van der Waals surface area (Å²) < 4.78 is 10.4. The van der Waals surface area contributed by atoms with Gasteiger partial charge in [-0.1, -0.05) is 0 Å². The fourth-order valence-corrected chi connectivity index (χ4v) is 1.84. The fraction of sp³-hybridized carbons (Fsp3) is 0.267. The maximum atomic E-state index is 5.21. The number of hydrogen-bond donors (Lipinski definition) is 1. The number of methoxy groups -OCH3 is 2. The van der Waals surface area contributed by atoms with E-state index in [-0.39, 0.29) is 0 Å². The first-order valence-electron chi connectivity index (χ1n) is 6.45. The molecule has 0 saturated heterocycles. The third-order valence-electron chi connectivity index (χ3n) is 2.73. The molecule has 0 aliphatic heterocycles.